The van der Waals surface area contributed by atoms with Gasteiger partial charge in [0.25, 0.3) is 0 Å². The van der Waals surface area contributed by atoms with E-state index in [0.29, 0.717) is 45.3 Å². The molecule has 0 N–H and O–H groups in total. The topological polar surface area (TPSA) is 120 Å². The number of nitrogens with zero attached hydrogens (tertiary/aromatic N) is 8. The minimum Gasteiger partial charge on any atom is -0.308 e. The van der Waals surface area contributed by atoms with E-state index in [1.807, 2.05) is 121 Å². The van der Waals surface area contributed by atoms with Crippen molar-refractivity contribution in [2.45, 2.75) is 0 Å². The molecule has 0 saturated carbocycles. The molecule has 14 aromatic carbocycles. The van der Waals surface area contributed by atoms with Gasteiger partial charge in [0.15, 0.2) is 17.5 Å². The Labute approximate surface area is 566 Å². The van der Waals surface area contributed by atoms with Gasteiger partial charge in [-0.3, -0.25) is 0 Å². The Kier molecular flexibility index (Phi) is 14.5. The summed E-state index contributed by atoms with van der Waals surface area (Å²) in [6, 6.07) is 120. The lowest BCUT2D eigenvalue weighted by molar-refractivity contribution is 1.06. The van der Waals surface area contributed by atoms with Crippen molar-refractivity contribution in [2.75, 3.05) is 0 Å². The summed E-state index contributed by atoms with van der Waals surface area (Å²) in [6.45, 7) is 0. The molecule has 3 aromatic heterocycles. The average Bonchev–Trinajstić information content (AvgIpc) is 1.55. The minimum atomic E-state index is 0.393. The Morgan fingerprint density at radius 1 is 0.214 bits per heavy atom. The van der Waals surface area contributed by atoms with Gasteiger partial charge in [-0.05, 0) is 175 Å². The number of hydrogen-bond donors (Lipinski definition) is 0. The van der Waals surface area contributed by atoms with Crippen LogP contribution < -0.4 is 0 Å². The van der Waals surface area contributed by atoms with Crippen LogP contribution in [0.25, 0.3) is 167 Å². The van der Waals surface area contributed by atoms with Gasteiger partial charge in [-0.25, -0.2) is 15.0 Å². The van der Waals surface area contributed by atoms with Crippen LogP contribution in [0.1, 0.15) is 16.7 Å². The molecule has 0 saturated heterocycles. The molecule has 454 valence electrons. The van der Waals surface area contributed by atoms with E-state index in [1.165, 1.54) is 0 Å². The molecule has 0 aliphatic carbocycles. The standard InChI is InChI=1S/C90H54N8/c91-55-58-20-19-31-67(48-58)74-34-17-18-35-75(74)88-94-89(76-42-36-68(72-32-15-13-29-70(72)56-92)53-86(76)97-82-44-38-63(59-21-5-1-6-22-59)49-78(82)79-50-64(39-45-83(79)97)60-23-7-2-8-24-60)96-90(95-88)77-43-37-69(73-33-16-14-30-71(73)57-93)54-87(77)98-84-46-40-65(61-25-9-3-10-26-61)51-80(84)81-52-66(41-47-85(81)98)62-27-11-4-12-28-62/h1-54H. The second-order valence-electron chi connectivity index (χ2n) is 24.4. The lowest BCUT2D eigenvalue weighted by Crippen LogP contribution is -2.06. The quantitative estimate of drug-likeness (QED) is 0.120. The maximum atomic E-state index is 10.7. The Bertz CT molecular complexity index is 5630. The smallest absolute Gasteiger partial charge is 0.166 e. The normalized spacial score (nSPS) is 11.2. The Hall–Kier alpha value is -13.8. The molecule has 3 heterocycles. The molecule has 8 nitrogen and oxygen atoms in total. The third-order valence-electron chi connectivity index (χ3n) is 18.7. The molecular weight excluding hydrogens is 1190 g/mol. The highest BCUT2D eigenvalue weighted by Gasteiger charge is 2.26. The van der Waals surface area contributed by atoms with Crippen LogP contribution in [-0.2, 0) is 0 Å². The summed E-state index contributed by atoms with van der Waals surface area (Å²) in [5.41, 5.74) is 22.8. The van der Waals surface area contributed by atoms with E-state index in [1.54, 1.807) is 0 Å². The summed E-state index contributed by atoms with van der Waals surface area (Å²) in [4.78, 5) is 17.1. The number of fused-ring (bicyclic) bond motifs is 6. The van der Waals surface area contributed by atoms with Gasteiger partial charge in [-0.15, -0.1) is 0 Å². The second-order valence-corrected chi connectivity index (χ2v) is 24.4. The molecule has 17 aromatic rings. The maximum Gasteiger partial charge on any atom is 0.166 e. The Morgan fingerprint density at radius 2 is 0.520 bits per heavy atom. The molecule has 0 spiro atoms. The summed E-state index contributed by atoms with van der Waals surface area (Å²) in [5.74, 6) is 1.19. The number of benzene rings is 14. The highest BCUT2D eigenvalue weighted by molar-refractivity contribution is 6.14. The zero-order chi connectivity index (χ0) is 65.6. The van der Waals surface area contributed by atoms with E-state index in [4.69, 9.17) is 15.0 Å². The lowest BCUT2D eigenvalue weighted by atomic mass is 9.96. The summed E-state index contributed by atoms with van der Waals surface area (Å²) >= 11 is 0. The maximum absolute atomic E-state index is 10.7. The molecule has 98 heavy (non-hydrogen) atoms. The monoisotopic (exact) mass is 1250 g/mol. The summed E-state index contributed by atoms with van der Waals surface area (Å²) in [5, 5.41) is 35.9. The van der Waals surface area contributed by atoms with Crippen LogP contribution in [0.4, 0.5) is 0 Å². The number of nitriles is 3. The van der Waals surface area contributed by atoms with Crippen molar-refractivity contribution in [1.82, 2.24) is 24.1 Å². The summed E-state index contributed by atoms with van der Waals surface area (Å²) < 4.78 is 4.65. The zero-order valence-electron chi connectivity index (χ0n) is 52.8. The van der Waals surface area contributed by atoms with Crippen LogP contribution in [0.2, 0.25) is 0 Å². The van der Waals surface area contributed by atoms with Crippen molar-refractivity contribution in [2.24, 2.45) is 0 Å². The third-order valence-corrected chi connectivity index (χ3v) is 18.7. The van der Waals surface area contributed by atoms with Crippen LogP contribution >= 0.6 is 0 Å². The van der Waals surface area contributed by atoms with Crippen molar-refractivity contribution in [3.63, 3.8) is 0 Å². The first-order valence-corrected chi connectivity index (χ1v) is 32.5. The van der Waals surface area contributed by atoms with Gasteiger partial charge in [0.1, 0.15) is 0 Å². The van der Waals surface area contributed by atoms with Crippen molar-refractivity contribution in [3.8, 4) is 142 Å². The highest BCUT2D eigenvalue weighted by Crippen LogP contribution is 2.45. The Morgan fingerprint density at radius 3 is 0.888 bits per heavy atom. The molecule has 0 unspecified atom stereocenters. The van der Waals surface area contributed by atoms with Gasteiger partial charge in [0.2, 0.25) is 0 Å². The SMILES string of the molecule is N#Cc1cccc(-c2ccccc2-c2nc(-c3ccc(-c4ccccc4C#N)cc3-n3c4ccc(-c5ccccc5)cc4c4cc(-c5ccccc5)ccc43)nc(-c3ccc(-c4ccccc4C#N)cc3-n3c4ccc(-c5ccccc5)cc4c4cc(-c5ccccc5)ccc43)n2)c1. The van der Waals surface area contributed by atoms with Crippen molar-refractivity contribution in [1.29, 1.82) is 15.8 Å². The first-order chi connectivity index (χ1) is 48.4. The largest absolute Gasteiger partial charge is 0.308 e. The van der Waals surface area contributed by atoms with Crippen molar-refractivity contribution < 1.29 is 0 Å². The fourth-order valence-corrected chi connectivity index (χ4v) is 14.0. The summed E-state index contributed by atoms with van der Waals surface area (Å²) in [7, 11) is 0. The van der Waals surface area contributed by atoms with Gasteiger partial charge >= 0.3 is 0 Å². The van der Waals surface area contributed by atoms with E-state index < -0.39 is 0 Å². The van der Waals surface area contributed by atoms with Gasteiger partial charge in [-0.2, -0.15) is 15.8 Å². The number of hydrogen-bond acceptors (Lipinski definition) is 6. The molecule has 0 bridgehead atoms. The van der Waals surface area contributed by atoms with E-state index in [2.05, 4.69) is 234 Å². The second kappa shape index (κ2) is 24.6. The van der Waals surface area contributed by atoms with Crippen molar-refractivity contribution in [3.05, 3.63) is 344 Å². The Balaban J connectivity index is 0.980. The molecule has 8 heteroatoms. The highest BCUT2D eigenvalue weighted by atomic mass is 15.1. The third kappa shape index (κ3) is 10.3. The van der Waals surface area contributed by atoms with Crippen molar-refractivity contribution >= 4 is 43.6 Å². The summed E-state index contributed by atoms with van der Waals surface area (Å²) in [6.07, 6.45) is 0. The van der Waals surface area contributed by atoms with Gasteiger partial charge in [0.05, 0.1) is 68.3 Å². The predicted octanol–water partition coefficient (Wildman–Crippen LogP) is 22.4. The molecule has 17 rings (SSSR count). The van der Waals surface area contributed by atoms with Crippen LogP contribution in [0, 0.1) is 34.0 Å². The fraction of sp³-hybridized carbons (Fsp3) is 0. The van der Waals surface area contributed by atoms with Crippen LogP contribution in [0.5, 0.6) is 0 Å². The molecule has 0 aliphatic rings. The van der Waals surface area contributed by atoms with E-state index in [0.717, 1.165) is 138 Å². The predicted molar refractivity (Wildman–Crippen MR) is 397 cm³/mol. The van der Waals surface area contributed by atoms with Gasteiger partial charge in [0, 0.05) is 38.2 Å². The molecular formula is C90H54N8. The number of rotatable bonds is 12. The van der Waals surface area contributed by atoms with Crippen LogP contribution in [0.15, 0.2) is 328 Å². The molecule has 0 atom stereocenters. The molecule has 0 amide bonds. The van der Waals surface area contributed by atoms with E-state index in [-0.39, 0.29) is 0 Å². The molecule has 0 aliphatic heterocycles. The van der Waals surface area contributed by atoms with E-state index in [9.17, 15) is 15.8 Å². The number of aromatic nitrogens is 5. The minimum absolute atomic E-state index is 0.393. The van der Waals surface area contributed by atoms with Crippen LogP contribution in [0.3, 0.4) is 0 Å². The first kappa shape index (κ1) is 58.0. The first-order valence-electron chi connectivity index (χ1n) is 32.5. The van der Waals surface area contributed by atoms with E-state index >= 15 is 0 Å². The average molecular weight is 1250 g/mol. The molecule has 0 radical (unpaired) electrons. The molecule has 0 fully saturated rings. The van der Waals surface area contributed by atoms with Gasteiger partial charge in [-0.1, -0.05) is 231 Å². The fourth-order valence-electron chi connectivity index (χ4n) is 14.0. The van der Waals surface area contributed by atoms with Crippen LogP contribution in [-0.4, -0.2) is 24.1 Å². The lowest BCUT2D eigenvalue weighted by Gasteiger charge is -2.19. The zero-order valence-corrected chi connectivity index (χ0v) is 52.8. The van der Waals surface area contributed by atoms with Gasteiger partial charge < -0.3 is 9.13 Å².